The molecular formula is C25H32N4O4. The number of carbonyl (C=O) groups excluding carboxylic acids is 3. The Kier molecular flexibility index (Phi) is 6.54. The van der Waals surface area contributed by atoms with Crippen LogP contribution in [0.25, 0.3) is 0 Å². The van der Waals surface area contributed by atoms with Crippen LogP contribution in [0.15, 0.2) is 30.3 Å². The monoisotopic (exact) mass is 452 g/mol. The van der Waals surface area contributed by atoms with Gasteiger partial charge in [-0.05, 0) is 43.9 Å². The highest BCUT2D eigenvalue weighted by atomic mass is 16.5. The zero-order valence-corrected chi connectivity index (χ0v) is 19.6. The number of benzene rings is 1. The number of aryl methyl sites for hydroxylation is 1. The van der Waals surface area contributed by atoms with Crippen LogP contribution >= 0.6 is 0 Å². The first-order chi connectivity index (χ1) is 15.9. The van der Waals surface area contributed by atoms with Crippen molar-refractivity contribution >= 4 is 23.5 Å². The van der Waals surface area contributed by atoms with Gasteiger partial charge in [0.2, 0.25) is 5.91 Å². The number of carbonyl (C=O) groups is 3. The second kappa shape index (κ2) is 9.37. The Balaban J connectivity index is 1.73. The van der Waals surface area contributed by atoms with Crippen molar-refractivity contribution in [1.82, 2.24) is 15.1 Å². The molecule has 1 saturated carbocycles. The molecular weight excluding hydrogens is 420 g/mol. The fraction of sp³-hybridized carbons (Fsp3) is 0.520. The number of aromatic nitrogens is 2. The van der Waals surface area contributed by atoms with Crippen LogP contribution in [0.3, 0.4) is 0 Å². The van der Waals surface area contributed by atoms with Crippen molar-refractivity contribution in [3.05, 3.63) is 47.3 Å². The van der Waals surface area contributed by atoms with Crippen LogP contribution in [0.2, 0.25) is 0 Å². The van der Waals surface area contributed by atoms with Crippen LogP contribution in [0.5, 0.6) is 0 Å². The van der Waals surface area contributed by atoms with Gasteiger partial charge in [0.25, 0.3) is 5.91 Å². The van der Waals surface area contributed by atoms with Crippen molar-refractivity contribution in [2.24, 2.45) is 0 Å². The predicted octanol–water partition coefficient (Wildman–Crippen LogP) is 3.49. The number of hydrogen-bond donors (Lipinski definition) is 1. The van der Waals surface area contributed by atoms with E-state index in [0.717, 1.165) is 37.7 Å². The highest BCUT2D eigenvalue weighted by molar-refractivity contribution is 6.12. The first-order valence-corrected chi connectivity index (χ1v) is 11.8. The zero-order valence-electron chi connectivity index (χ0n) is 19.6. The predicted molar refractivity (Wildman–Crippen MR) is 124 cm³/mol. The Morgan fingerprint density at radius 1 is 1.15 bits per heavy atom. The first-order valence-electron chi connectivity index (χ1n) is 11.8. The van der Waals surface area contributed by atoms with Gasteiger partial charge in [-0.1, -0.05) is 44.7 Å². The van der Waals surface area contributed by atoms with Gasteiger partial charge in [0.05, 0.1) is 13.7 Å². The smallest absolute Gasteiger partial charge is 0.358 e. The second-order valence-electron chi connectivity index (χ2n) is 9.16. The molecule has 33 heavy (non-hydrogen) atoms. The summed E-state index contributed by atoms with van der Waals surface area (Å²) in [6, 6.07) is 9.23. The molecule has 1 aliphatic carbocycles. The second-order valence-corrected chi connectivity index (χ2v) is 9.16. The molecule has 2 amide bonds. The minimum atomic E-state index is -1.20. The fourth-order valence-electron chi connectivity index (χ4n) is 4.84. The molecule has 8 heteroatoms. The van der Waals surface area contributed by atoms with Crippen molar-refractivity contribution < 1.29 is 19.1 Å². The van der Waals surface area contributed by atoms with Gasteiger partial charge < -0.3 is 10.1 Å². The van der Waals surface area contributed by atoms with Gasteiger partial charge in [-0.25, -0.2) is 4.79 Å². The van der Waals surface area contributed by atoms with Crippen LogP contribution in [-0.2, 0) is 22.5 Å². The number of hydrogen-bond acceptors (Lipinski definition) is 5. The van der Waals surface area contributed by atoms with E-state index < -0.39 is 11.5 Å². The lowest BCUT2D eigenvalue weighted by Crippen LogP contribution is -2.65. The highest BCUT2D eigenvalue weighted by Crippen LogP contribution is 2.33. The largest absolute Gasteiger partial charge is 0.464 e. The molecule has 1 N–H and O–H groups in total. The summed E-state index contributed by atoms with van der Waals surface area (Å²) in [7, 11) is 1.27. The number of rotatable bonds is 5. The number of amides is 2. The van der Waals surface area contributed by atoms with Crippen molar-refractivity contribution in [1.29, 1.82) is 0 Å². The Labute approximate surface area is 194 Å². The summed E-state index contributed by atoms with van der Waals surface area (Å²) < 4.78 is 6.24. The molecule has 1 fully saturated rings. The number of anilines is 1. The molecule has 0 radical (unpaired) electrons. The lowest BCUT2D eigenvalue weighted by molar-refractivity contribution is -0.127. The van der Waals surface area contributed by atoms with Crippen molar-refractivity contribution in [3.63, 3.8) is 0 Å². The molecule has 4 rings (SSSR count). The van der Waals surface area contributed by atoms with Gasteiger partial charge in [-0.15, -0.1) is 0 Å². The highest BCUT2D eigenvalue weighted by Gasteiger charge is 2.49. The van der Waals surface area contributed by atoms with E-state index in [0.29, 0.717) is 5.69 Å². The van der Waals surface area contributed by atoms with Crippen LogP contribution in [0.1, 0.15) is 78.9 Å². The summed E-state index contributed by atoms with van der Waals surface area (Å²) in [5, 5.41) is 7.50. The number of ether oxygens (including phenoxy) is 1. The van der Waals surface area contributed by atoms with Gasteiger partial charge in [0.1, 0.15) is 11.2 Å². The van der Waals surface area contributed by atoms with Crippen molar-refractivity contribution in [3.8, 4) is 0 Å². The van der Waals surface area contributed by atoms with Gasteiger partial charge in [0, 0.05) is 17.8 Å². The average Bonchev–Trinajstić information content (AvgIpc) is 3.07. The number of nitrogens with one attached hydrogen (secondary N) is 1. The Morgan fingerprint density at radius 3 is 2.42 bits per heavy atom. The maximum absolute atomic E-state index is 13.7. The third kappa shape index (κ3) is 4.38. The lowest BCUT2D eigenvalue weighted by Gasteiger charge is -2.43. The Hall–Kier alpha value is -3.16. The van der Waals surface area contributed by atoms with Gasteiger partial charge in [-0.3, -0.25) is 19.2 Å². The van der Waals surface area contributed by atoms with Gasteiger partial charge >= 0.3 is 5.97 Å². The average molecular weight is 453 g/mol. The van der Waals surface area contributed by atoms with E-state index in [1.807, 2.05) is 24.3 Å². The molecule has 1 atom stereocenters. The lowest BCUT2D eigenvalue weighted by atomic mass is 9.93. The van der Waals surface area contributed by atoms with E-state index in [2.05, 4.69) is 17.3 Å². The molecule has 0 spiro atoms. The van der Waals surface area contributed by atoms with Gasteiger partial charge in [0.15, 0.2) is 5.69 Å². The minimum Gasteiger partial charge on any atom is -0.464 e. The molecule has 0 saturated heterocycles. The molecule has 1 aromatic heterocycles. The van der Waals surface area contributed by atoms with Crippen LogP contribution in [0.4, 0.5) is 5.69 Å². The third-order valence-electron chi connectivity index (χ3n) is 6.83. The van der Waals surface area contributed by atoms with E-state index >= 15 is 0 Å². The first kappa shape index (κ1) is 23.0. The number of methoxy groups -OCH3 is 1. The Morgan fingerprint density at radius 2 is 1.82 bits per heavy atom. The van der Waals surface area contributed by atoms with Gasteiger partial charge in [-0.2, -0.15) is 5.10 Å². The van der Waals surface area contributed by atoms with E-state index in [-0.39, 0.29) is 35.8 Å². The van der Waals surface area contributed by atoms with Crippen molar-refractivity contribution in [2.45, 2.75) is 76.9 Å². The van der Waals surface area contributed by atoms with E-state index in [1.165, 1.54) is 30.7 Å². The maximum atomic E-state index is 13.7. The summed E-state index contributed by atoms with van der Waals surface area (Å²) >= 11 is 0. The van der Waals surface area contributed by atoms with Crippen molar-refractivity contribution in [2.75, 3.05) is 12.0 Å². The standard InChI is InChI=1S/C25H32N4O4/c1-4-17-11-13-19(14-12-17)29-22(30)21-15-20(23(31)33-3)27-28(21)16-25(29,2)24(32)26-18-9-7-5-6-8-10-18/h11-15,18H,4-10,16H2,1-3H3,(H,26,32)/t25-/m0/s1. The molecule has 1 aromatic carbocycles. The number of fused-ring (bicyclic) bond motifs is 1. The SMILES string of the molecule is CCc1ccc(N2C(=O)c3cc(C(=O)OC)nn3C[C@@]2(C)C(=O)NC2CCCCCC2)cc1. The van der Waals surface area contributed by atoms with Crippen LogP contribution in [0, 0.1) is 0 Å². The molecule has 8 nitrogen and oxygen atoms in total. The summed E-state index contributed by atoms with van der Waals surface area (Å²) in [5.41, 5.74) is 0.891. The van der Waals surface area contributed by atoms with E-state index in [1.54, 1.807) is 11.8 Å². The third-order valence-corrected chi connectivity index (χ3v) is 6.83. The van der Waals surface area contributed by atoms with E-state index in [4.69, 9.17) is 4.74 Å². The van der Waals surface area contributed by atoms with Crippen LogP contribution < -0.4 is 10.2 Å². The molecule has 2 aromatic rings. The molecule has 0 bridgehead atoms. The molecule has 1 aliphatic heterocycles. The topological polar surface area (TPSA) is 93.5 Å². The maximum Gasteiger partial charge on any atom is 0.358 e. The normalized spacial score (nSPS) is 21.3. The Bertz CT molecular complexity index is 1040. The summed E-state index contributed by atoms with van der Waals surface area (Å²) in [4.78, 5) is 41.0. The van der Waals surface area contributed by atoms with Crippen LogP contribution in [-0.4, -0.2) is 46.3 Å². The molecule has 2 heterocycles. The number of nitrogens with zero attached hydrogens (tertiary/aromatic N) is 3. The minimum absolute atomic E-state index is 0.0514. The molecule has 0 unspecified atom stereocenters. The summed E-state index contributed by atoms with van der Waals surface area (Å²) in [5.74, 6) is -1.19. The fourth-order valence-corrected chi connectivity index (χ4v) is 4.84. The van der Waals surface area contributed by atoms with E-state index in [9.17, 15) is 14.4 Å². The zero-order chi connectivity index (χ0) is 23.6. The summed E-state index contributed by atoms with van der Waals surface area (Å²) in [6.07, 6.45) is 7.32. The molecule has 2 aliphatic rings. The summed E-state index contributed by atoms with van der Waals surface area (Å²) in [6.45, 7) is 3.98. The molecule has 176 valence electrons. The number of esters is 1. The quantitative estimate of drug-likeness (QED) is 0.554.